The summed E-state index contributed by atoms with van der Waals surface area (Å²) in [5.74, 6) is 0.651. The van der Waals surface area contributed by atoms with Gasteiger partial charge < -0.3 is 18.9 Å². The van der Waals surface area contributed by atoms with E-state index in [9.17, 15) is 9.59 Å². The van der Waals surface area contributed by atoms with Gasteiger partial charge in [-0.3, -0.25) is 9.59 Å². The van der Waals surface area contributed by atoms with E-state index in [1.807, 2.05) is 84.9 Å². The number of ether oxygens (including phenoxy) is 4. The Morgan fingerprint density at radius 2 is 0.681 bits per heavy atom. The van der Waals surface area contributed by atoms with Gasteiger partial charge in [0.2, 0.25) is 0 Å². The molecule has 0 saturated heterocycles. The van der Waals surface area contributed by atoms with Crippen molar-refractivity contribution in [3.63, 3.8) is 0 Å². The van der Waals surface area contributed by atoms with E-state index < -0.39 is 11.8 Å². The van der Waals surface area contributed by atoms with Crippen LogP contribution in [0, 0.1) is 46.3 Å². The minimum absolute atomic E-state index is 0.0785. The number of carbonyl (C=O) groups excluding carboxylic acids is 2. The van der Waals surface area contributed by atoms with Crippen LogP contribution in [0.4, 0.5) is 0 Å². The third-order valence-corrected chi connectivity index (χ3v) is 13.4. The van der Waals surface area contributed by atoms with Crippen LogP contribution in [0.15, 0.2) is 109 Å². The lowest BCUT2D eigenvalue weighted by atomic mass is 9.83. The molecule has 0 amide bonds. The van der Waals surface area contributed by atoms with Gasteiger partial charge in [-0.2, -0.15) is 10.5 Å². The molecule has 0 unspecified atom stereocenters. The summed E-state index contributed by atoms with van der Waals surface area (Å²) in [5.41, 5.74) is 5.65. The number of carbonyl (C=O) groups is 2. The third kappa shape index (κ3) is 18.6. The van der Waals surface area contributed by atoms with Gasteiger partial charge in [-0.05, 0) is 115 Å². The van der Waals surface area contributed by atoms with Crippen LogP contribution < -0.4 is 9.47 Å². The van der Waals surface area contributed by atoms with Gasteiger partial charge in [-0.1, -0.05) is 175 Å². The van der Waals surface area contributed by atoms with E-state index in [1.165, 1.54) is 51.4 Å². The number of nitriles is 2. The van der Waals surface area contributed by atoms with E-state index in [2.05, 4.69) is 60.7 Å². The monoisotopic (exact) mass is 929 g/mol. The van der Waals surface area contributed by atoms with Gasteiger partial charge in [-0.15, -0.1) is 0 Å². The van der Waals surface area contributed by atoms with Crippen molar-refractivity contribution < 1.29 is 28.5 Å². The van der Waals surface area contributed by atoms with Crippen LogP contribution in [0.2, 0.25) is 0 Å². The summed E-state index contributed by atoms with van der Waals surface area (Å²) in [6, 6.07) is 35.7. The van der Waals surface area contributed by atoms with E-state index in [1.54, 1.807) is 0 Å². The van der Waals surface area contributed by atoms with E-state index >= 15 is 0 Å². The highest BCUT2D eigenvalue weighted by molar-refractivity contribution is 5.84. The molecule has 4 atom stereocenters. The molecule has 0 aromatic heterocycles. The zero-order valence-corrected chi connectivity index (χ0v) is 40.6. The quantitative estimate of drug-likeness (QED) is 0.0206. The average molecular weight is 929 g/mol. The minimum atomic E-state index is -0.415. The van der Waals surface area contributed by atoms with E-state index in [4.69, 9.17) is 29.5 Å². The van der Waals surface area contributed by atoms with Crippen LogP contribution in [0.5, 0.6) is 11.5 Å². The Hall–Kier alpha value is -6.38. The zero-order chi connectivity index (χ0) is 48.1. The molecule has 8 heteroatoms. The molecule has 6 rings (SSSR count). The fraction of sp³-hybridized carbons (Fsp3) is 0.443. The molecular formula is C61H72N2O6. The van der Waals surface area contributed by atoms with Crippen LogP contribution in [-0.2, 0) is 19.1 Å². The number of fused-ring (bicyclic) bond motifs is 2. The fourth-order valence-corrected chi connectivity index (χ4v) is 9.34. The number of nitrogens with zero attached hydrogens (tertiary/aromatic N) is 2. The summed E-state index contributed by atoms with van der Waals surface area (Å²) < 4.78 is 23.4. The van der Waals surface area contributed by atoms with Crippen LogP contribution in [0.1, 0.15) is 155 Å². The van der Waals surface area contributed by atoms with Gasteiger partial charge >= 0.3 is 11.9 Å². The van der Waals surface area contributed by atoms with Crippen molar-refractivity contribution in [1.29, 1.82) is 10.5 Å². The predicted octanol–water partition coefficient (Wildman–Crippen LogP) is 14.8. The number of hydrogen-bond donors (Lipinski definition) is 0. The molecule has 2 aliphatic carbocycles. The van der Waals surface area contributed by atoms with Crippen LogP contribution in [0.25, 0.3) is 24.3 Å². The van der Waals surface area contributed by atoms with E-state index in [0.29, 0.717) is 24.3 Å². The maximum atomic E-state index is 13.2. The lowest BCUT2D eigenvalue weighted by molar-refractivity contribution is -0.161. The summed E-state index contributed by atoms with van der Waals surface area (Å²) in [4.78, 5) is 26.5. The number of esters is 2. The van der Waals surface area contributed by atoms with Crippen molar-refractivity contribution in [2.24, 2.45) is 23.7 Å². The molecule has 8 nitrogen and oxygen atoms in total. The van der Waals surface area contributed by atoms with Gasteiger partial charge in [-0.25, -0.2) is 0 Å². The van der Waals surface area contributed by atoms with Gasteiger partial charge in [0, 0.05) is 0 Å². The molecule has 69 heavy (non-hydrogen) atoms. The topological polar surface area (TPSA) is 119 Å². The van der Waals surface area contributed by atoms with Crippen molar-refractivity contribution in [2.75, 3.05) is 26.4 Å². The minimum Gasteiger partial charge on any atom is -0.494 e. The smallest absolute Gasteiger partial charge is 0.310 e. The number of allylic oxidation sites excluding steroid dienone is 2. The van der Waals surface area contributed by atoms with Crippen molar-refractivity contribution in [3.8, 4) is 23.6 Å². The molecular weight excluding hydrogens is 857 g/mol. The Morgan fingerprint density at radius 3 is 0.986 bits per heavy atom. The number of unbranched alkanes of at least 4 members (excludes halogenated alkanes) is 16. The van der Waals surface area contributed by atoms with E-state index in [0.717, 1.165) is 118 Å². The largest absolute Gasteiger partial charge is 0.494 e. The molecule has 2 bridgehead atoms. The fourth-order valence-electron chi connectivity index (χ4n) is 9.34. The van der Waals surface area contributed by atoms with Crippen molar-refractivity contribution >= 4 is 36.2 Å². The predicted molar refractivity (Wildman–Crippen MR) is 277 cm³/mol. The Labute approximate surface area is 412 Å². The Kier molecular flexibility index (Phi) is 22.7. The van der Waals surface area contributed by atoms with Crippen LogP contribution in [0.3, 0.4) is 0 Å². The molecule has 4 aromatic rings. The number of hydrogen-bond acceptors (Lipinski definition) is 8. The van der Waals surface area contributed by atoms with Crippen molar-refractivity contribution in [3.05, 3.63) is 143 Å². The molecule has 4 aromatic carbocycles. The molecule has 2 aliphatic rings. The lowest BCUT2D eigenvalue weighted by Gasteiger charge is -2.25. The lowest BCUT2D eigenvalue weighted by Crippen LogP contribution is -2.35. The first-order valence-electron chi connectivity index (χ1n) is 25.8. The average Bonchev–Trinajstić information content (AvgIpc) is 4.02. The van der Waals surface area contributed by atoms with Crippen molar-refractivity contribution in [2.45, 2.75) is 122 Å². The highest BCUT2D eigenvalue weighted by atomic mass is 16.5. The Bertz CT molecular complexity index is 2140. The third-order valence-electron chi connectivity index (χ3n) is 13.4. The molecule has 1 saturated carbocycles. The highest BCUT2D eigenvalue weighted by Gasteiger charge is 2.53. The summed E-state index contributed by atoms with van der Waals surface area (Å²) in [5, 5.41) is 17.9. The van der Waals surface area contributed by atoms with Gasteiger partial charge in [0.25, 0.3) is 0 Å². The SMILES string of the molecule is N#Cc1ccc(/C=C/c2ccc(OCCCCCCCCCCCOC(=O)[C@H]3[C@H](C(=O)OCCCCCCCCCCCOc4ccc(/C=C/c5ccc(C#N)cc5)cc4)[C@H]4C=C[C@@H]3C4)cc2)cc1. The van der Waals surface area contributed by atoms with E-state index in [-0.39, 0.29) is 23.8 Å². The molecule has 0 N–H and O–H groups in total. The standard InChI is InChI=1S/C61H72N2O6/c62-46-52-27-23-48(24-28-52)19-21-50-31-37-56(38-32-50)66-41-15-11-7-3-1-5-9-13-17-43-68-60(64)58-54-35-36-55(45-54)59(58)61(65)69-44-18-14-10-6-2-4-8-12-16-42-67-57-39-33-51(34-40-57)22-20-49-25-29-53(47-63)30-26-49/h19-40,54-55,58-59H,1-18,41-45H2/b21-19+,22-20+/t54-,55+,58-,59-/m1/s1. The second kappa shape index (κ2) is 30.2. The number of benzene rings is 4. The molecule has 0 aliphatic heterocycles. The normalized spacial score (nSPS) is 17.0. The maximum absolute atomic E-state index is 13.2. The summed E-state index contributed by atoms with van der Waals surface area (Å²) in [6.07, 6.45) is 33.5. The highest BCUT2D eigenvalue weighted by Crippen LogP contribution is 2.49. The first kappa shape index (κ1) is 52.0. The molecule has 362 valence electrons. The summed E-state index contributed by atoms with van der Waals surface area (Å²) in [7, 11) is 0. The maximum Gasteiger partial charge on any atom is 0.310 e. The van der Waals surface area contributed by atoms with Crippen molar-refractivity contribution in [1.82, 2.24) is 0 Å². The number of rotatable bonds is 32. The van der Waals surface area contributed by atoms with Gasteiger partial charge in [0.1, 0.15) is 11.5 Å². The first-order valence-corrected chi connectivity index (χ1v) is 25.8. The second-order valence-corrected chi connectivity index (χ2v) is 18.7. The molecule has 0 spiro atoms. The van der Waals surface area contributed by atoms with Crippen LogP contribution in [-0.4, -0.2) is 38.4 Å². The molecule has 1 fully saturated rings. The Balaban J connectivity index is 0.702. The zero-order valence-electron chi connectivity index (χ0n) is 40.6. The first-order chi connectivity index (χ1) is 34.0. The molecule has 0 heterocycles. The van der Waals surface area contributed by atoms with Gasteiger partial charge in [0.15, 0.2) is 0 Å². The summed E-state index contributed by atoms with van der Waals surface area (Å²) in [6.45, 7) is 2.29. The molecule has 0 radical (unpaired) electrons. The van der Waals surface area contributed by atoms with Crippen LogP contribution >= 0.6 is 0 Å². The Morgan fingerprint density at radius 1 is 0.406 bits per heavy atom. The second-order valence-electron chi connectivity index (χ2n) is 18.7. The van der Waals surface area contributed by atoms with Gasteiger partial charge in [0.05, 0.1) is 61.5 Å². The summed E-state index contributed by atoms with van der Waals surface area (Å²) >= 11 is 0.